The Bertz CT molecular complexity index is 1140. The molecule has 1 aliphatic rings. The maximum Gasteiger partial charge on any atom is 0.254 e. The number of rotatable bonds is 6. The molecule has 0 radical (unpaired) electrons. The third-order valence-electron chi connectivity index (χ3n) is 5.05. The van der Waals surface area contributed by atoms with Crippen LogP contribution in [0.4, 0.5) is 4.39 Å². The molecule has 6 nitrogen and oxygen atoms in total. The lowest BCUT2D eigenvalue weighted by Gasteiger charge is -2.18. The summed E-state index contributed by atoms with van der Waals surface area (Å²) in [5.74, 6) is -0.711. The predicted octanol–water partition coefficient (Wildman–Crippen LogP) is 3.71. The topological polar surface area (TPSA) is 90.7 Å². The van der Waals surface area contributed by atoms with Gasteiger partial charge in [0.15, 0.2) is 9.84 Å². The van der Waals surface area contributed by atoms with Crippen molar-refractivity contribution in [1.29, 1.82) is 5.41 Å². The first-order chi connectivity index (χ1) is 14.6. The number of nitrogens with zero attached hydrogens (tertiary/aromatic N) is 2. The molecule has 164 valence electrons. The molecule has 0 aromatic heterocycles. The molecular formula is C23H26FN3O3S. The number of likely N-dealkylation sites (tertiary alicyclic amines) is 1. The van der Waals surface area contributed by atoms with Crippen molar-refractivity contribution in [3.8, 4) is 11.1 Å². The highest BCUT2D eigenvalue weighted by molar-refractivity contribution is 7.90. The Kier molecular flexibility index (Phi) is 6.69. The van der Waals surface area contributed by atoms with Gasteiger partial charge in [0.25, 0.3) is 5.91 Å². The number of nitrogens with one attached hydrogen (secondary N) is 1. The van der Waals surface area contributed by atoms with Crippen molar-refractivity contribution >= 4 is 27.7 Å². The van der Waals surface area contributed by atoms with E-state index in [9.17, 15) is 17.6 Å². The number of amides is 1. The van der Waals surface area contributed by atoms with Gasteiger partial charge in [0.05, 0.1) is 17.4 Å². The van der Waals surface area contributed by atoms with E-state index in [-0.39, 0.29) is 22.9 Å². The lowest BCUT2D eigenvalue weighted by molar-refractivity contribution is 0.0795. The average Bonchev–Trinajstić information content (AvgIpc) is 3.06. The molecule has 3 rings (SSSR count). The number of halogens is 1. The summed E-state index contributed by atoms with van der Waals surface area (Å²) in [6, 6.07) is 10.1. The molecule has 8 heteroatoms. The SMILES string of the molecule is CC(C)CN=CC1CN(C(=O)c2cc(S(C)(=O)=O)ccc2-c2cccc(F)c2)CC1=N. The molecule has 0 aliphatic carbocycles. The van der Waals surface area contributed by atoms with Gasteiger partial charge in [0.1, 0.15) is 5.82 Å². The van der Waals surface area contributed by atoms with Crippen molar-refractivity contribution < 1.29 is 17.6 Å². The fourth-order valence-electron chi connectivity index (χ4n) is 3.43. The normalized spacial score (nSPS) is 17.1. The minimum Gasteiger partial charge on any atom is -0.332 e. The van der Waals surface area contributed by atoms with E-state index < -0.39 is 21.6 Å². The Hall–Kier alpha value is -2.87. The Labute approximate surface area is 182 Å². The van der Waals surface area contributed by atoms with E-state index in [1.165, 1.54) is 41.3 Å². The van der Waals surface area contributed by atoms with Gasteiger partial charge in [-0.1, -0.05) is 32.0 Å². The molecule has 2 aromatic carbocycles. The number of hydrogen-bond acceptors (Lipinski definition) is 5. The van der Waals surface area contributed by atoms with E-state index in [1.807, 2.05) is 0 Å². The first kappa shape index (κ1) is 22.8. The highest BCUT2D eigenvalue weighted by Gasteiger charge is 2.32. The Morgan fingerprint density at radius 2 is 2.03 bits per heavy atom. The summed E-state index contributed by atoms with van der Waals surface area (Å²) < 4.78 is 37.9. The fourth-order valence-corrected chi connectivity index (χ4v) is 4.08. The third kappa shape index (κ3) is 5.44. The lowest BCUT2D eigenvalue weighted by Crippen LogP contribution is -2.29. The van der Waals surface area contributed by atoms with E-state index in [2.05, 4.69) is 18.8 Å². The number of carbonyl (C=O) groups is 1. The van der Waals surface area contributed by atoms with Crippen LogP contribution in [-0.2, 0) is 9.84 Å². The maximum atomic E-state index is 13.8. The summed E-state index contributed by atoms with van der Waals surface area (Å²) in [4.78, 5) is 19.3. The summed E-state index contributed by atoms with van der Waals surface area (Å²) in [5, 5.41) is 8.23. The molecule has 0 spiro atoms. The van der Waals surface area contributed by atoms with Gasteiger partial charge < -0.3 is 10.3 Å². The average molecular weight is 444 g/mol. The summed E-state index contributed by atoms with van der Waals surface area (Å²) in [6.45, 7) is 5.19. The van der Waals surface area contributed by atoms with Gasteiger partial charge in [-0.25, -0.2) is 12.8 Å². The maximum absolute atomic E-state index is 13.8. The Morgan fingerprint density at radius 1 is 1.29 bits per heavy atom. The minimum atomic E-state index is -3.54. The van der Waals surface area contributed by atoms with E-state index >= 15 is 0 Å². The van der Waals surface area contributed by atoms with Crippen molar-refractivity contribution in [1.82, 2.24) is 4.90 Å². The van der Waals surface area contributed by atoms with Gasteiger partial charge >= 0.3 is 0 Å². The zero-order valence-electron chi connectivity index (χ0n) is 17.8. The molecule has 1 aliphatic heterocycles. The van der Waals surface area contributed by atoms with Crippen LogP contribution in [-0.4, -0.2) is 57.0 Å². The quantitative estimate of drug-likeness (QED) is 0.690. The molecule has 1 unspecified atom stereocenters. The van der Waals surface area contributed by atoms with Crippen LogP contribution in [0.25, 0.3) is 11.1 Å². The summed E-state index contributed by atoms with van der Waals surface area (Å²) >= 11 is 0. The lowest BCUT2D eigenvalue weighted by atomic mass is 9.98. The molecule has 31 heavy (non-hydrogen) atoms. The predicted molar refractivity (Wildman–Crippen MR) is 120 cm³/mol. The number of benzene rings is 2. The molecule has 1 heterocycles. The summed E-state index contributed by atoms with van der Waals surface area (Å²) in [7, 11) is -3.54. The monoisotopic (exact) mass is 443 g/mol. The molecule has 1 N–H and O–H groups in total. The second kappa shape index (κ2) is 9.09. The summed E-state index contributed by atoms with van der Waals surface area (Å²) in [6.07, 6.45) is 2.79. The molecule has 0 bridgehead atoms. The molecule has 2 aromatic rings. The van der Waals surface area contributed by atoms with Crippen LogP contribution in [0.5, 0.6) is 0 Å². The Morgan fingerprint density at radius 3 is 2.68 bits per heavy atom. The van der Waals surface area contributed by atoms with Crippen molar-refractivity contribution in [2.45, 2.75) is 18.7 Å². The van der Waals surface area contributed by atoms with Gasteiger partial charge in [0.2, 0.25) is 0 Å². The van der Waals surface area contributed by atoms with Crippen LogP contribution in [0, 0.1) is 23.1 Å². The molecule has 1 fully saturated rings. The molecule has 1 atom stereocenters. The third-order valence-corrected chi connectivity index (χ3v) is 6.16. The van der Waals surface area contributed by atoms with Crippen LogP contribution in [0.15, 0.2) is 52.4 Å². The van der Waals surface area contributed by atoms with Crippen molar-refractivity contribution in [2.24, 2.45) is 16.8 Å². The summed E-state index contributed by atoms with van der Waals surface area (Å²) in [5.41, 5.74) is 1.47. The van der Waals surface area contributed by atoms with Crippen molar-refractivity contribution in [2.75, 3.05) is 25.9 Å². The Balaban J connectivity index is 1.97. The van der Waals surface area contributed by atoms with Gasteiger partial charge in [-0.15, -0.1) is 0 Å². The first-order valence-electron chi connectivity index (χ1n) is 10.0. The van der Waals surface area contributed by atoms with Gasteiger partial charge in [-0.3, -0.25) is 9.79 Å². The largest absolute Gasteiger partial charge is 0.332 e. The van der Waals surface area contributed by atoms with Crippen LogP contribution in [0.2, 0.25) is 0 Å². The van der Waals surface area contributed by atoms with E-state index in [4.69, 9.17) is 5.41 Å². The van der Waals surface area contributed by atoms with Crippen LogP contribution < -0.4 is 0 Å². The first-order valence-corrected chi connectivity index (χ1v) is 11.9. The highest BCUT2D eigenvalue weighted by Crippen LogP contribution is 2.29. The van der Waals surface area contributed by atoms with Crippen LogP contribution >= 0.6 is 0 Å². The van der Waals surface area contributed by atoms with Crippen LogP contribution in [0.3, 0.4) is 0 Å². The standard InChI is InChI=1S/C23H26FN3O3S/c1-15(2)11-26-12-17-13-27(14-22(17)25)23(28)21-10-19(31(3,29)30)7-8-20(21)16-5-4-6-18(24)9-16/h4-10,12,15,17,25H,11,13-14H2,1-3H3. The number of aliphatic imine (C=N–C) groups is 1. The number of carbonyl (C=O) groups excluding carboxylic acids is 1. The van der Waals surface area contributed by atoms with E-state index in [0.29, 0.717) is 35.8 Å². The van der Waals surface area contributed by atoms with Crippen LogP contribution in [0.1, 0.15) is 24.2 Å². The van der Waals surface area contributed by atoms with Gasteiger partial charge in [-0.2, -0.15) is 0 Å². The molecule has 1 saturated heterocycles. The van der Waals surface area contributed by atoms with Crippen molar-refractivity contribution in [3.63, 3.8) is 0 Å². The van der Waals surface area contributed by atoms with E-state index in [1.54, 1.807) is 12.3 Å². The van der Waals surface area contributed by atoms with Crippen molar-refractivity contribution in [3.05, 3.63) is 53.8 Å². The second-order valence-corrected chi connectivity index (χ2v) is 10.2. The smallest absolute Gasteiger partial charge is 0.254 e. The minimum absolute atomic E-state index is 0.0142. The molecular weight excluding hydrogens is 417 g/mol. The fraction of sp³-hybridized carbons (Fsp3) is 0.348. The highest BCUT2D eigenvalue weighted by atomic mass is 32.2. The van der Waals surface area contributed by atoms with E-state index in [0.717, 1.165) is 6.26 Å². The molecule has 1 amide bonds. The number of hydrogen-bond donors (Lipinski definition) is 1. The molecule has 0 saturated carbocycles. The van der Waals surface area contributed by atoms with Gasteiger partial charge in [0, 0.05) is 36.8 Å². The zero-order valence-corrected chi connectivity index (χ0v) is 18.6. The van der Waals surface area contributed by atoms with Gasteiger partial charge in [-0.05, 0) is 41.3 Å². The number of sulfone groups is 1. The zero-order chi connectivity index (χ0) is 22.8. The second-order valence-electron chi connectivity index (χ2n) is 8.22.